The van der Waals surface area contributed by atoms with Crippen LogP contribution >= 0.6 is 0 Å². The molecule has 6 nitrogen and oxygen atoms in total. The second-order valence-electron chi connectivity index (χ2n) is 5.50. The lowest BCUT2D eigenvalue weighted by Gasteiger charge is -2.24. The molecule has 1 aliphatic rings. The summed E-state index contributed by atoms with van der Waals surface area (Å²) >= 11 is 0. The van der Waals surface area contributed by atoms with E-state index in [9.17, 15) is 16.8 Å². The fraction of sp³-hybridized carbons (Fsp3) is 0.200. The molecule has 3 rings (SSSR count). The molecule has 1 aliphatic heterocycles. The van der Waals surface area contributed by atoms with E-state index in [0.29, 0.717) is 12.1 Å². The highest BCUT2D eigenvalue weighted by atomic mass is 32.2. The lowest BCUT2D eigenvalue weighted by molar-refractivity contribution is 0.584. The molecule has 2 aromatic rings. The Morgan fingerprint density at radius 2 is 1.65 bits per heavy atom. The lowest BCUT2D eigenvalue weighted by atomic mass is 10.1. The highest BCUT2D eigenvalue weighted by Gasteiger charge is 2.36. The molecule has 2 aromatic carbocycles. The van der Waals surface area contributed by atoms with Gasteiger partial charge in [-0.3, -0.25) is 4.31 Å². The van der Waals surface area contributed by atoms with Crippen LogP contribution in [0.5, 0.6) is 0 Å². The van der Waals surface area contributed by atoms with Crippen molar-refractivity contribution in [2.75, 3.05) is 4.31 Å². The molecule has 0 fully saturated rings. The van der Waals surface area contributed by atoms with Gasteiger partial charge in [-0.15, -0.1) is 0 Å². The molecular formula is C15H16N2O4S2. The monoisotopic (exact) mass is 352 g/mol. The minimum absolute atomic E-state index is 0.0902. The van der Waals surface area contributed by atoms with Gasteiger partial charge >= 0.3 is 0 Å². The third kappa shape index (κ3) is 2.73. The zero-order valence-corrected chi connectivity index (χ0v) is 14.0. The molecule has 1 atom stereocenters. The second-order valence-corrected chi connectivity index (χ2v) is 8.88. The maximum Gasteiger partial charge on any atom is 0.264 e. The van der Waals surface area contributed by atoms with E-state index in [1.54, 1.807) is 12.1 Å². The largest absolute Gasteiger partial charge is 0.264 e. The summed E-state index contributed by atoms with van der Waals surface area (Å²) in [6.45, 7) is 1.82. The van der Waals surface area contributed by atoms with Gasteiger partial charge in [-0.05, 0) is 43.2 Å². The molecule has 8 heteroatoms. The second kappa shape index (κ2) is 5.33. The van der Waals surface area contributed by atoms with Crippen LogP contribution in [0.4, 0.5) is 5.69 Å². The van der Waals surface area contributed by atoms with Crippen molar-refractivity contribution in [2.24, 2.45) is 5.14 Å². The van der Waals surface area contributed by atoms with Gasteiger partial charge in [0.15, 0.2) is 0 Å². The average Bonchev–Trinajstić information content (AvgIpc) is 2.83. The van der Waals surface area contributed by atoms with Crippen molar-refractivity contribution in [1.82, 2.24) is 0 Å². The van der Waals surface area contributed by atoms with Gasteiger partial charge in [0.2, 0.25) is 10.0 Å². The highest BCUT2D eigenvalue weighted by molar-refractivity contribution is 7.93. The van der Waals surface area contributed by atoms with E-state index in [4.69, 9.17) is 5.14 Å². The summed E-state index contributed by atoms with van der Waals surface area (Å²) in [6, 6.07) is 12.2. The zero-order valence-electron chi connectivity index (χ0n) is 12.4. The number of hydrogen-bond donors (Lipinski definition) is 1. The van der Waals surface area contributed by atoms with Gasteiger partial charge < -0.3 is 0 Å². The summed E-state index contributed by atoms with van der Waals surface area (Å²) in [5, 5.41) is 5.09. The van der Waals surface area contributed by atoms with Gasteiger partial charge in [0, 0.05) is 6.04 Å². The summed E-state index contributed by atoms with van der Waals surface area (Å²) in [7, 11) is -7.84. The maximum atomic E-state index is 13.0. The first-order valence-electron chi connectivity index (χ1n) is 6.96. The lowest BCUT2D eigenvalue weighted by Crippen LogP contribution is -2.35. The normalized spacial score (nSPS) is 18.0. The molecule has 0 amide bonds. The molecule has 0 aromatic heterocycles. The van der Waals surface area contributed by atoms with E-state index in [1.807, 2.05) is 19.1 Å². The number of sulfonamides is 2. The number of fused-ring (bicyclic) bond motifs is 1. The molecule has 0 saturated carbocycles. The van der Waals surface area contributed by atoms with Crippen LogP contribution < -0.4 is 9.44 Å². The molecule has 0 spiro atoms. The molecule has 23 heavy (non-hydrogen) atoms. The van der Waals surface area contributed by atoms with Gasteiger partial charge in [-0.2, -0.15) is 0 Å². The van der Waals surface area contributed by atoms with E-state index in [-0.39, 0.29) is 15.8 Å². The molecule has 2 N–H and O–H groups in total. The summed E-state index contributed by atoms with van der Waals surface area (Å²) in [5.41, 5.74) is 1.58. The standard InChI is InChI=1S/C15H16N2O4S2/c1-11-9-12-5-2-3-8-15(12)17(11)23(20,21)14-7-4-6-13(10-14)22(16,18)19/h2-8,10-11H,9H2,1H3,(H2,16,18,19)/t11-/m0/s1. The SMILES string of the molecule is C[C@H]1Cc2ccccc2N1S(=O)(=O)c1cccc(S(N)(=O)=O)c1. The topological polar surface area (TPSA) is 97.5 Å². The van der Waals surface area contributed by atoms with E-state index in [2.05, 4.69) is 0 Å². The molecule has 0 unspecified atom stereocenters. The number of benzene rings is 2. The molecule has 1 heterocycles. The number of para-hydroxylation sites is 1. The van der Waals surface area contributed by atoms with Gasteiger partial charge in [-0.25, -0.2) is 22.0 Å². The van der Waals surface area contributed by atoms with Crippen molar-refractivity contribution in [1.29, 1.82) is 0 Å². The summed E-state index contributed by atoms with van der Waals surface area (Å²) in [5.74, 6) is 0. The maximum absolute atomic E-state index is 13.0. The molecule has 0 saturated heterocycles. The van der Waals surface area contributed by atoms with E-state index >= 15 is 0 Å². The number of primary sulfonamides is 1. The Balaban J connectivity index is 2.13. The van der Waals surface area contributed by atoms with E-state index in [0.717, 1.165) is 11.6 Å². The minimum atomic E-state index is -3.97. The number of rotatable bonds is 3. The Hall–Kier alpha value is -1.90. The first-order chi connectivity index (χ1) is 10.7. The van der Waals surface area contributed by atoms with Crippen LogP contribution in [-0.4, -0.2) is 22.9 Å². The molecule has 122 valence electrons. The van der Waals surface area contributed by atoms with Crippen LogP contribution in [0.15, 0.2) is 58.3 Å². The van der Waals surface area contributed by atoms with Crippen molar-refractivity contribution in [3.63, 3.8) is 0 Å². The summed E-state index contributed by atoms with van der Waals surface area (Å²) in [4.78, 5) is -0.314. The van der Waals surface area contributed by atoms with Crippen LogP contribution in [-0.2, 0) is 26.5 Å². The quantitative estimate of drug-likeness (QED) is 0.904. The van der Waals surface area contributed by atoms with Crippen LogP contribution in [0.25, 0.3) is 0 Å². The number of hydrogen-bond acceptors (Lipinski definition) is 4. The summed E-state index contributed by atoms with van der Waals surface area (Å²) in [6.07, 6.45) is 0.615. The van der Waals surface area contributed by atoms with Gasteiger partial charge in [0.25, 0.3) is 10.0 Å². The van der Waals surface area contributed by atoms with Crippen molar-refractivity contribution in [3.05, 3.63) is 54.1 Å². The Morgan fingerprint density at radius 1 is 1.00 bits per heavy atom. The number of nitrogens with zero attached hydrogens (tertiary/aromatic N) is 1. The molecule has 0 bridgehead atoms. The molecule has 0 radical (unpaired) electrons. The van der Waals surface area contributed by atoms with Gasteiger partial charge in [-0.1, -0.05) is 24.3 Å². The van der Waals surface area contributed by atoms with Crippen LogP contribution in [0.3, 0.4) is 0 Å². The smallest absolute Gasteiger partial charge is 0.263 e. The van der Waals surface area contributed by atoms with Crippen molar-refractivity contribution in [3.8, 4) is 0 Å². The highest BCUT2D eigenvalue weighted by Crippen LogP contribution is 2.36. The predicted molar refractivity (Wildman–Crippen MR) is 87.1 cm³/mol. The van der Waals surface area contributed by atoms with Crippen molar-refractivity contribution >= 4 is 25.7 Å². The minimum Gasteiger partial charge on any atom is -0.263 e. The molecular weight excluding hydrogens is 336 g/mol. The Kier molecular flexibility index (Phi) is 3.70. The first kappa shape index (κ1) is 16.0. The summed E-state index contributed by atoms with van der Waals surface area (Å²) < 4.78 is 50.2. The predicted octanol–water partition coefficient (Wildman–Crippen LogP) is 1.47. The van der Waals surface area contributed by atoms with E-state index in [1.165, 1.54) is 22.5 Å². The van der Waals surface area contributed by atoms with Crippen molar-refractivity contribution in [2.45, 2.75) is 29.2 Å². The van der Waals surface area contributed by atoms with Gasteiger partial charge in [0.1, 0.15) is 0 Å². The average molecular weight is 352 g/mol. The van der Waals surface area contributed by atoms with E-state index < -0.39 is 20.0 Å². The number of anilines is 1. The fourth-order valence-electron chi connectivity index (χ4n) is 2.83. The van der Waals surface area contributed by atoms with Crippen LogP contribution in [0, 0.1) is 0 Å². The van der Waals surface area contributed by atoms with Crippen LogP contribution in [0.1, 0.15) is 12.5 Å². The zero-order chi connectivity index (χ0) is 16.8. The fourth-order valence-corrected chi connectivity index (χ4v) is 5.20. The van der Waals surface area contributed by atoms with Gasteiger partial charge in [0.05, 0.1) is 15.5 Å². The Bertz CT molecular complexity index is 968. The third-order valence-electron chi connectivity index (χ3n) is 3.84. The Morgan fingerprint density at radius 3 is 2.35 bits per heavy atom. The third-order valence-corrected chi connectivity index (χ3v) is 6.67. The van der Waals surface area contributed by atoms with Crippen LogP contribution in [0.2, 0.25) is 0 Å². The Labute approximate surface area is 135 Å². The molecule has 0 aliphatic carbocycles. The first-order valence-corrected chi connectivity index (χ1v) is 9.95. The number of nitrogens with two attached hydrogens (primary N) is 1. The van der Waals surface area contributed by atoms with Crippen molar-refractivity contribution < 1.29 is 16.8 Å².